The summed E-state index contributed by atoms with van der Waals surface area (Å²) in [6.07, 6.45) is -12.9. The minimum atomic E-state index is -6.66. The lowest BCUT2D eigenvalue weighted by molar-refractivity contribution is -0.581. The van der Waals surface area contributed by atoms with Gasteiger partial charge in [-0.1, -0.05) is 4.90 Å². The van der Waals surface area contributed by atoms with Crippen LogP contribution in [0.1, 0.15) is 0 Å². The van der Waals surface area contributed by atoms with Gasteiger partial charge in [-0.25, -0.2) is 9.53 Å². The van der Waals surface area contributed by atoms with E-state index >= 15 is 0 Å². The van der Waals surface area contributed by atoms with Gasteiger partial charge >= 0.3 is 36.3 Å². The molecule has 0 bridgehead atoms. The van der Waals surface area contributed by atoms with Crippen LogP contribution in [0.5, 0.6) is 0 Å². The summed E-state index contributed by atoms with van der Waals surface area (Å²) in [6, 6.07) is -19.5. The summed E-state index contributed by atoms with van der Waals surface area (Å²) in [6.45, 7) is 0. The summed E-state index contributed by atoms with van der Waals surface area (Å²) in [7, 11) is 0.100. The molecular weight excluding hydrogens is 336 g/mol. The van der Waals surface area contributed by atoms with E-state index in [1.165, 1.54) is 0 Å². The second kappa shape index (κ2) is 4.34. The molecule has 1 rings (SSSR count). The van der Waals surface area contributed by atoms with Gasteiger partial charge in [-0.3, -0.25) is 0 Å². The van der Waals surface area contributed by atoms with Gasteiger partial charge in [0.1, 0.15) is 0 Å². The first kappa shape index (κ1) is 17.7. The number of hydrogen-bond acceptors (Lipinski definition) is 4. The molecule has 0 saturated carbocycles. The van der Waals surface area contributed by atoms with Crippen LogP contribution in [-0.4, -0.2) is 48.3 Å². The molecule has 1 saturated heterocycles. The maximum atomic E-state index is 13.2. The van der Waals surface area contributed by atoms with E-state index in [0.717, 1.165) is 0 Å². The molecule has 0 aromatic carbocycles. The van der Waals surface area contributed by atoms with Crippen LogP contribution in [0.3, 0.4) is 0 Å². The highest BCUT2D eigenvalue weighted by molar-refractivity contribution is 5.77. The molecule has 0 aromatic rings. The average molecular weight is 339 g/mol. The normalized spacial score (nSPS) is 27.2. The Morgan fingerprint density at radius 3 is 1.57 bits per heavy atom. The summed E-state index contributed by atoms with van der Waals surface area (Å²) in [5.41, 5.74) is 0. The Bertz CT molecular complexity index is 424. The number of carbonyl (C=O) groups is 1. The van der Waals surface area contributed by atoms with Crippen molar-refractivity contribution in [3.63, 3.8) is 0 Å². The van der Waals surface area contributed by atoms with E-state index in [9.17, 15) is 48.7 Å². The maximum Gasteiger partial charge on any atom is 0.439 e. The molecule has 14 heteroatoms. The number of ether oxygens (including phenoxy) is 2. The molecule has 21 heavy (non-hydrogen) atoms. The third kappa shape index (κ3) is 2.20. The molecule has 0 N–H and O–H groups in total. The highest BCUT2D eigenvalue weighted by atomic mass is 19.4. The van der Waals surface area contributed by atoms with Gasteiger partial charge in [-0.15, -0.1) is 0 Å². The summed E-state index contributed by atoms with van der Waals surface area (Å²) < 4.78 is 134. The Hall–Kier alpha value is -1.31. The standard InChI is InChI=1S/C7H3F10NO3/c1-20-2(19)3(8,9)18-4(10,11)6(14,15)21-7(16,17)5(18,12)13/h1H3. The number of alkyl halides is 10. The Kier molecular flexibility index (Phi) is 3.67. The minimum absolute atomic E-state index is 0.100. The van der Waals surface area contributed by atoms with Gasteiger partial charge in [0.15, 0.2) is 0 Å². The van der Waals surface area contributed by atoms with Gasteiger partial charge in [-0.2, -0.15) is 43.9 Å². The van der Waals surface area contributed by atoms with Crippen molar-refractivity contribution in [1.82, 2.24) is 4.90 Å². The van der Waals surface area contributed by atoms with Crippen LogP contribution in [-0.2, 0) is 14.3 Å². The SMILES string of the molecule is COC(=O)C(F)(F)N1C(F)(F)C(F)(F)OC(F)(F)C1(F)F. The molecule has 0 unspecified atom stereocenters. The molecule has 0 amide bonds. The molecule has 0 radical (unpaired) electrons. The number of halogens is 10. The fraction of sp³-hybridized carbons (Fsp3) is 0.857. The van der Waals surface area contributed by atoms with Crippen LogP contribution in [0.4, 0.5) is 43.9 Å². The maximum absolute atomic E-state index is 13.2. The van der Waals surface area contributed by atoms with E-state index in [4.69, 9.17) is 0 Å². The first-order chi connectivity index (χ1) is 9.05. The van der Waals surface area contributed by atoms with E-state index in [1.807, 2.05) is 4.74 Å². The second-order valence-electron chi connectivity index (χ2n) is 3.59. The highest BCUT2D eigenvalue weighted by Gasteiger charge is 2.88. The van der Waals surface area contributed by atoms with Gasteiger partial charge in [0.05, 0.1) is 7.11 Å². The molecule has 0 aliphatic carbocycles. The van der Waals surface area contributed by atoms with Gasteiger partial charge < -0.3 is 4.74 Å². The zero-order valence-electron chi connectivity index (χ0n) is 9.45. The fourth-order valence-corrected chi connectivity index (χ4v) is 1.29. The molecule has 124 valence electrons. The van der Waals surface area contributed by atoms with Crippen LogP contribution in [0.15, 0.2) is 0 Å². The largest absolute Gasteiger partial charge is 0.463 e. The Morgan fingerprint density at radius 2 is 1.29 bits per heavy atom. The summed E-state index contributed by atoms with van der Waals surface area (Å²) >= 11 is 0. The van der Waals surface area contributed by atoms with Crippen molar-refractivity contribution in [2.45, 2.75) is 30.4 Å². The first-order valence-electron chi connectivity index (χ1n) is 4.54. The monoisotopic (exact) mass is 339 g/mol. The van der Waals surface area contributed by atoms with Crippen molar-refractivity contribution in [3.05, 3.63) is 0 Å². The zero-order valence-corrected chi connectivity index (χ0v) is 9.45. The number of hydrogen-bond donors (Lipinski definition) is 0. The van der Waals surface area contributed by atoms with Crippen molar-refractivity contribution in [2.75, 3.05) is 7.11 Å². The van der Waals surface area contributed by atoms with Crippen molar-refractivity contribution in [1.29, 1.82) is 0 Å². The van der Waals surface area contributed by atoms with E-state index in [1.54, 1.807) is 0 Å². The Labute approximate surface area is 108 Å². The Morgan fingerprint density at radius 1 is 0.952 bits per heavy atom. The smallest absolute Gasteiger partial charge is 0.439 e. The second-order valence-corrected chi connectivity index (χ2v) is 3.59. The van der Waals surface area contributed by atoms with Crippen molar-refractivity contribution >= 4 is 5.97 Å². The predicted octanol–water partition coefficient (Wildman–Crippen LogP) is 2.46. The lowest BCUT2D eigenvalue weighted by Crippen LogP contribution is -2.78. The topological polar surface area (TPSA) is 38.8 Å². The van der Waals surface area contributed by atoms with Crippen LogP contribution >= 0.6 is 0 Å². The molecular formula is C7H3F10NO3. The molecule has 4 nitrogen and oxygen atoms in total. The zero-order chi connectivity index (χ0) is 17.1. The third-order valence-electron chi connectivity index (χ3n) is 2.23. The molecule has 1 fully saturated rings. The van der Waals surface area contributed by atoms with Crippen molar-refractivity contribution < 1.29 is 58.2 Å². The number of esters is 1. The molecule has 1 aliphatic heterocycles. The predicted molar refractivity (Wildman–Crippen MR) is 39.7 cm³/mol. The molecule has 0 spiro atoms. The minimum Gasteiger partial charge on any atom is -0.463 e. The average Bonchev–Trinajstić information content (AvgIpc) is 2.23. The van der Waals surface area contributed by atoms with Crippen LogP contribution in [0, 0.1) is 0 Å². The molecule has 0 aromatic heterocycles. The quantitative estimate of drug-likeness (QED) is 0.440. The fourth-order valence-electron chi connectivity index (χ4n) is 1.29. The van der Waals surface area contributed by atoms with Crippen LogP contribution in [0.2, 0.25) is 0 Å². The van der Waals surface area contributed by atoms with Crippen molar-refractivity contribution in [3.8, 4) is 0 Å². The number of nitrogens with zero attached hydrogens (tertiary/aromatic N) is 1. The third-order valence-corrected chi connectivity index (χ3v) is 2.23. The van der Waals surface area contributed by atoms with Crippen molar-refractivity contribution in [2.24, 2.45) is 0 Å². The Balaban J connectivity index is 3.58. The van der Waals surface area contributed by atoms with Gasteiger partial charge in [-0.05, 0) is 0 Å². The molecule has 1 aliphatic rings. The van der Waals surface area contributed by atoms with Crippen LogP contribution < -0.4 is 0 Å². The first-order valence-corrected chi connectivity index (χ1v) is 4.54. The number of methoxy groups -OCH3 is 1. The highest BCUT2D eigenvalue weighted by Crippen LogP contribution is 2.58. The van der Waals surface area contributed by atoms with Gasteiger partial charge in [0.25, 0.3) is 0 Å². The number of rotatable bonds is 2. The number of carbonyl (C=O) groups excluding carboxylic acids is 1. The molecule has 1 heterocycles. The van der Waals surface area contributed by atoms with Gasteiger partial charge in [0.2, 0.25) is 0 Å². The van der Waals surface area contributed by atoms with E-state index < -0.39 is 41.2 Å². The summed E-state index contributed by atoms with van der Waals surface area (Å²) in [5.74, 6) is -3.18. The lowest BCUT2D eigenvalue weighted by Gasteiger charge is -2.48. The van der Waals surface area contributed by atoms with E-state index in [-0.39, 0.29) is 7.11 Å². The lowest BCUT2D eigenvalue weighted by atomic mass is 10.2. The summed E-state index contributed by atoms with van der Waals surface area (Å²) in [4.78, 5) is 7.29. The number of morpholine rings is 1. The van der Waals surface area contributed by atoms with E-state index in [0.29, 0.717) is 0 Å². The van der Waals surface area contributed by atoms with Crippen LogP contribution in [0.25, 0.3) is 0 Å². The van der Waals surface area contributed by atoms with E-state index in [2.05, 4.69) is 4.74 Å². The van der Waals surface area contributed by atoms with Gasteiger partial charge in [0, 0.05) is 0 Å². The molecule has 0 atom stereocenters. The summed E-state index contributed by atoms with van der Waals surface area (Å²) in [5, 5.41) is 0.